The fourth-order valence-corrected chi connectivity index (χ4v) is 2.36. The first kappa shape index (κ1) is 13.3. The molecule has 3 heteroatoms. The second-order valence-corrected chi connectivity index (χ2v) is 4.90. The van der Waals surface area contributed by atoms with E-state index in [1.807, 2.05) is 37.3 Å². The molecule has 3 aromatic rings. The van der Waals surface area contributed by atoms with Crippen LogP contribution in [0.4, 0.5) is 0 Å². The topological polar surface area (TPSA) is 39.2 Å². The van der Waals surface area contributed by atoms with Crippen LogP contribution in [-0.2, 0) is 0 Å². The van der Waals surface area contributed by atoms with Crippen LogP contribution in [-0.4, -0.2) is 17.9 Å². The predicted octanol–water partition coefficient (Wildman–Crippen LogP) is 3.78. The first-order chi connectivity index (χ1) is 10.2. The molecule has 0 aliphatic rings. The van der Waals surface area contributed by atoms with E-state index in [1.54, 1.807) is 31.4 Å². The van der Waals surface area contributed by atoms with Crippen molar-refractivity contribution in [3.8, 4) is 5.75 Å². The summed E-state index contributed by atoms with van der Waals surface area (Å²) < 4.78 is 5.10. The van der Waals surface area contributed by atoms with Gasteiger partial charge >= 0.3 is 0 Å². The van der Waals surface area contributed by atoms with E-state index in [0.717, 1.165) is 22.2 Å². The molecule has 0 atom stereocenters. The quantitative estimate of drug-likeness (QED) is 0.684. The largest absolute Gasteiger partial charge is 0.497 e. The van der Waals surface area contributed by atoms with Gasteiger partial charge in [-0.3, -0.25) is 4.79 Å². The first-order valence-electron chi connectivity index (χ1n) is 6.74. The minimum Gasteiger partial charge on any atom is -0.497 e. The van der Waals surface area contributed by atoms with Crippen molar-refractivity contribution in [3.05, 3.63) is 71.4 Å². The number of carbonyl (C=O) groups excluding carboxylic acids is 1. The zero-order valence-electron chi connectivity index (χ0n) is 12.0. The number of nitrogens with zero attached hydrogens (tertiary/aromatic N) is 1. The van der Waals surface area contributed by atoms with Crippen molar-refractivity contribution in [2.75, 3.05) is 7.11 Å². The number of benzene rings is 2. The van der Waals surface area contributed by atoms with Crippen LogP contribution in [0.2, 0.25) is 0 Å². The van der Waals surface area contributed by atoms with E-state index >= 15 is 0 Å². The molecule has 0 fully saturated rings. The lowest BCUT2D eigenvalue weighted by molar-refractivity contribution is 0.103. The van der Waals surface area contributed by atoms with Crippen LogP contribution in [0.5, 0.6) is 5.75 Å². The second kappa shape index (κ2) is 5.37. The average Bonchev–Trinajstić information content (AvgIpc) is 2.54. The van der Waals surface area contributed by atoms with Crippen molar-refractivity contribution in [1.82, 2.24) is 4.98 Å². The Morgan fingerprint density at radius 2 is 1.76 bits per heavy atom. The predicted molar refractivity (Wildman–Crippen MR) is 82.9 cm³/mol. The van der Waals surface area contributed by atoms with E-state index in [9.17, 15) is 4.79 Å². The van der Waals surface area contributed by atoms with Crippen LogP contribution in [0.1, 0.15) is 21.6 Å². The zero-order chi connectivity index (χ0) is 14.8. The molecule has 1 heterocycles. The van der Waals surface area contributed by atoms with E-state index in [-0.39, 0.29) is 5.78 Å². The number of carbonyl (C=O) groups is 1. The monoisotopic (exact) mass is 277 g/mol. The van der Waals surface area contributed by atoms with E-state index in [0.29, 0.717) is 11.3 Å². The molecule has 104 valence electrons. The SMILES string of the molecule is COc1ccc(C(=O)c2cc(C)c3ccccc3n2)cc1. The van der Waals surface area contributed by atoms with Gasteiger partial charge in [0.15, 0.2) is 0 Å². The highest BCUT2D eigenvalue weighted by molar-refractivity contribution is 6.09. The molecule has 0 unspecified atom stereocenters. The number of fused-ring (bicyclic) bond motifs is 1. The van der Waals surface area contributed by atoms with Crippen molar-refractivity contribution in [3.63, 3.8) is 0 Å². The maximum Gasteiger partial charge on any atom is 0.211 e. The highest BCUT2D eigenvalue weighted by Crippen LogP contribution is 2.20. The van der Waals surface area contributed by atoms with E-state index in [2.05, 4.69) is 4.98 Å². The molecule has 0 spiro atoms. The molecule has 0 radical (unpaired) electrons. The summed E-state index contributed by atoms with van der Waals surface area (Å²) in [5, 5.41) is 1.07. The Labute approximate surface area is 123 Å². The van der Waals surface area contributed by atoms with Gasteiger partial charge in [-0.05, 0) is 48.9 Å². The highest BCUT2D eigenvalue weighted by atomic mass is 16.5. The summed E-state index contributed by atoms with van der Waals surface area (Å²) in [6, 6.07) is 16.8. The van der Waals surface area contributed by atoms with Crippen LogP contribution < -0.4 is 4.74 Å². The normalized spacial score (nSPS) is 10.6. The van der Waals surface area contributed by atoms with Crippen molar-refractivity contribution in [1.29, 1.82) is 0 Å². The Morgan fingerprint density at radius 3 is 2.48 bits per heavy atom. The summed E-state index contributed by atoms with van der Waals surface area (Å²) in [5.41, 5.74) is 2.97. The second-order valence-electron chi connectivity index (χ2n) is 4.90. The molecule has 0 N–H and O–H groups in total. The van der Waals surface area contributed by atoms with Crippen LogP contribution >= 0.6 is 0 Å². The Kier molecular flexibility index (Phi) is 3.40. The van der Waals surface area contributed by atoms with Crippen molar-refractivity contribution >= 4 is 16.7 Å². The Bertz CT molecular complexity index is 807. The number of hydrogen-bond acceptors (Lipinski definition) is 3. The highest BCUT2D eigenvalue weighted by Gasteiger charge is 2.12. The summed E-state index contributed by atoms with van der Waals surface area (Å²) in [6.07, 6.45) is 0. The molecular weight excluding hydrogens is 262 g/mol. The van der Waals surface area contributed by atoms with Gasteiger partial charge in [0.05, 0.1) is 12.6 Å². The van der Waals surface area contributed by atoms with Crippen LogP contribution in [0.25, 0.3) is 10.9 Å². The molecule has 2 aromatic carbocycles. The number of hydrogen-bond donors (Lipinski definition) is 0. The molecular formula is C18H15NO2. The van der Waals surface area contributed by atoms with Crippen molar-refractivity contribution < 1.29 is 9.53 Å². The number of pyridine rings is 1. The molecule has 0 saturated heterocycles. The first-order valence-corrected chi connectivity index (χ1v) is 6.74. The molecule has 3 rings (SSSR count). The standard InChI is InChI=1S/C18H15NO2/c1-12-11-17(19-16-6-4-3-5-15(12)16)18(20)13-7-9-14(21-2)10-8-13/h3-11H,1-2H3. The summed E-state index contributed by atoms with van der Waals surface area (Å²) in [6.45, 7) is 1.99. The zero-order valence-corrected chi connectivity index (χ0v) is 12.0. The van der Waals surface area contributed by atoms with Crippen LogP contribution in [0, 0.1) is 6.92 Å². The Hall–Kier alpha value is -2.68. The summed E-state index contributed by atoms with van der Waals surface area (Å²) >= 11 is 0. The van der Waals surface area contributed by atoms with Gasteiger partial charge in [0, 0.05) is 10.9 Å². The molecule has 0 aliphatic carbocycles. The molecule has 0 aliphatic heterocycles. The lowest BCUT2D eigenvalue weighted by Crippen LogP contribution is -2.05. The van der Waals surface area contributed by atoms with Gasteiger partial charge in [0.25, 0.3) is 0 Å². The van der Waals surface area contributed by atoms with E-state index in [1.165, 1.54) is 0 Å². The third-order valence-electron chi connectivity index (χ3n) is 3.51. The van der Waals surface area contributed by atoms with Crippen LogP contribution in [0.15, 0.2) is 54.6 Å². The van der Waals surface area contributed by atoms with Gasteiger partial charge in [0.1, 0.15) is 11.4 Å². The molecule has 0 amide bonds. The third kappa shape index (κ3) is 2.50. The van der Waals surface area contributed by atoms with Gasteiger partial charge in [0.2, 0.25) is 5.78 Å². The van der Waals surface area contributed by atoms with E-state index < -0.39 is 0 Å². The lowest BCUT2D eigenvalue weighted by Gasteiger charge is -2.06. The van der Waals surface area contributed by atoms with Crippen molar-refractivity contribution in [2.24, 2.45) is 0 Å². The minimum absolute atomic E-state index is 0.0773. The molecule has 21 heavy (non-hydrogen) atoms. The van der Waals surface area contributed by atoms with Gasteiger partial charge < -0.3 is 4.74 Å². The Morgan fingerprint density at radius 1 is 1.05 bits per heavy atom. The molecule has 0 saturated carbocycles. The van der Waals surface area contributed by atoms with Gasteiger partial charge in [-0.25, -0.2) is 4.98 Å². The maximum absolute atomic E-state index is 12.5. The number of ketones is 1. The third-order valence-corrected chi connectivity index (χ3v) is 3.51. The number of methoxy groups -OCH3 is 1. The lowest BCUT2D eigenvalue weighted by atomic mass is 10.0. The van der Waals surface area contributed by atoms with Gasteiger partial charge in [-0.2, -0.15) is 0 Å². The van der Waals surface area contributed by atoms with Gasteiger partial charge in [-0.15, -0.1) is 0 Å². The smallest absolute Gasteiger partial charge is 0.211 e. The van der Waals surface area contributed by atoms with Crippen molar-refractivity contribution in [2.45, 2.75) is 6.92 Å². The Balaban J connectivity index is 2.04. The number of ether oxygens (including phenoxy) is 1. The number of para-hydroxylation sites is 1. The molecule has 1 aromatic heterocycles. The maximum atomic E-state index is 12.5. The summed E-state index contributed by atoms with van der Waals surface area (Å²) in [4.78, 5) is 17.0. The average molecular weight is 277 g/mol. The van der Waals surface area contributed by atoms with Crippen LogP contribution in [0.3, 0.4) is 0 Å². The number of aryl methyl sites for hydroxylation is 1. The number of aromatic nitrogens is 1. The summed E-state index contributed by atoms with van der Waals surface area (Å²) in [5.74, 6) is 0.653. The molecule has 3 nitrogen and oxygen atoms in total. The van der Waals surface area contributed by atoms with E-state index in [4.69, 9.17) is 4.74 Å². The minimum atomic E-state index is -0.0773. The molecule has 0 bridgehead atoms. The number of rotatable bonds is 3. The fourth-order valence-electron chi connectivity index (χ4n) is 2.36. The summed E-state index contributed by atoms with van der Waals surface area (Å²) in [7, 11) is 1.60. The fraction of sp³-hybridized carbons (Fsp3) is 0.111. The van der Waals surface area contributed by atoms with Gasteiger partial charge in [-0.1, -0.05) is 18.2 Å².